The van der Waals surface area contributed by atoms with Crippen molar-refractivity contribution in [3.8, 4) is 0 Å². The number of piperidine rings is 1. The smallest absolute Gasteiger partial charge is 0.228 e. The van der Waals surface area contributed by atoms with Gasteiger partial charge in [0.1, 0.15) is 0 Å². The van der Waals surface area contributed by atoms with Gasteiger partial charge in [-0.2, -0.15) is 0 Å². The normalized spacial score (nSPS) is 23.9. The Bertz CT molecular complexity index is 391. The Hall–Kier alpha value is -1.06. The van der Waals surface area contributed by atoms with Gasteiger partial charge in [-0.15, -0.1) is 0 Å². The van der Waals surface area contributed by atoms with Crippen molar-refractivity contribution in [2.75, 3.05) is 13.1 Å². The monoisotopic (exact) mass is 296 g/mol. The minimum atomic E-state index is -0.391. The highest BCUT2D eigenvalue weighted by Gasteiger charge is 2.35. The van der Waals surface area contributed by atoms with Gasteiger partial charge in [-0.3, -0.25) is 9.59 Å². The van der Waals surface area contributed by atoms with Crippen molar-refractivity contribution < 1.29 is 9.59 Å². The fourth-order valence-electron chi connectivity index (χ4n) is 2.65. The number of amides is 2. The van der Waals surface area contributed by atoms with Crippen LogP contribution in [0, 0.1) is 16.7 Å². The van der Waals surface area contributed by atoms with E-state index in [1.165, 1.54) is 0 Å². The second-order valence-corrected chi connectivity index (χ2v) is 8.39. The first-order valence-electron chi connectivity index (χ1n) is 8.05. The van der Waals surface area contributed by atoms with Gasteiger partial charge in [0.05, 0.1) is 0 Å². The van der Waals surface area contributed by atoms with Gasteiger partial charge >= 0.3 is 0 Å². The summed E-state index contributed by atoms with van der Waals surface area (Å²) in [7, 11) is 0. The molecule has 0 radical (unpaired) electrons. The molecule has 0 bridgehead atoms. The van der Waals surface area contributed by atoms with E-state index in [4.69, 9.17) is 0 Å². The molecule has 21 heavy (non-hydrogen) atoms. The number of carbonyl (C=O) groups is 2. The molecule has 2 unspecified atom stereocenters. The van der Waals surface area contributed by atoms with Gasteiger partial charge < -0.3 is 10.2 Å². The molecule has 1 saturated heterocycles. The Kier molecular flexibility index (Phi) is 5.46. The van der Waals surface area contributed by atoms with Crippen LogP contribution in [0.2, 0.25) is 0 Å². The first-order valence-corrected chi connectivity index (χ1v) is 8.05. The summed E-state index contributed by atoms with van der Waals surface area (Å²) in [6.07, 6.45) is 2.00. The largest absolute Gasteiger partial charge is 0.351 e. The number of rotatable bonds is 2. The molecule has 1 rings (SSSR count). The number of hydrogen-bond donors (Lipinski definition) is 1. The SMILES string of the molecule is CCC1CC(NC(=O)C(C)(C)C)CN(C(=O)C(C)(C)C)C1. The van der Waals surface area contributed by atoms with Crippen molar-refractivity contribution in [3.05, 3.63) is 0 Å². The molecule has 0 spiro atoms. The van der Waals surface area contributed by atoms with E-state index >= 15 is 0 Å². The lowest BCUT2D eigenvalue weighted by molar-refractivity contribution is -0.143. The van der Waals surface area contributed by atoms with Gasteiger partial charge in [0.15, 0.2) is 0 Å². The average Bonchev–Trinajstić information content (AvgIpc) is 2.35. The molecule has 0 aromatic heterocycles. The Balaban J connectivity index is 2.78. The van der Waals surface area contributed by atoms with Gasteiger partial charge in [-0.1, -0.05) is 54.9 Å². The maximum absolute atomic E-state index is 12.5. The molecule has 1 aliphatic rings. The van der Waals surface area contributed by atoms with Crippen molar-refractivity contribution in [1.29, 1.82) is 0 Å². The number of likely N-dealkylation sites (tertiary alicyclic amines) is 1. The van der Waals surface area contributed by atoms with E-state index in [2.05, 4.69) is 12.2 Å². The van der Waals surface area contributed by atoms with E-state index in [1.54, 1.807) is 0 Å². The molecule has 1 fully saturated rings. The minimum absolute atomic E-state index is 0.0624. The van der Waals surface area contributed by atoms with E-state index in [-0.39, 0.29) is 23.3 Å². The second kappa shape index (κ2) is 6.37. The molecule has 1 heterocycles. The fourth-order valence-corrected chi connectivity index (χ4v) is 2.65. The molecular formula is C17H32N2O2. The van der Waals surface area contributed by atoms with Crippen molar-refractivity contribution in [3.63, 3.8) is 0 Å². The maximum Gasteiger partial charge on any atom is 0.228 e. The van der Waals surface area contributed by atoms with E-state index in [9.17, 15) is 9.59 Å². The van der Waals surface area contributed by atoms with Crippen molar-refractivity contribution in [1.82, 2.24) is 10.2 Å². The molecule has 4 heteroatoms. The molecule has 0 aromatic rings. The molecule has 0 aliphatic carbocycles. The summed E-state index contributed by atoms with van der Waals surface area (Å²) in [5.41, 5.74) is -0.758. The minimum Gasteiger partial charge on any atom is -0.351 e. The highest BCUT2D eigenvalue weighted by Crippen LogP contribution is 2.26. The third kappa shape index (κ3) is 5.01. The maximum atomic E-state index is 12.5. The first kappa shape index (κ1) is 18.0. The summed E-state index contributed by atoms with van der Waals surface area (Å²) in [6.45, 7) is 15.2. The summed E-state index contributed by atoms with van der Waals surface area (Å²) in [4.78, 5) is 26.6. The van der Waals surface area contributed by atoms with Crippen LogP contribution in [-0.2, 0) is 9.59 Å². The van der Waals surface area contributed by atoms with E-state index in [0.29, 0.717) is 12.5 Å². The van der Waals surface area contributed by atoms with Gasteiger partial charge in [0, 0.05) is 30.0 Å². The van der Waals surface area contributed by atoms with Crippen molar-refractivity contribution >= 4 is 11.8 Å². The fraction of sp³-hybridized carbons (Fsp3) is 0.882. The van der Waals surface area contributed by atoms with Crippen LogP contribution in [0.4, 0.5) is 0 Å². The van der Waals surface area contributed by atoms with Crippen molar-refractivity contribution in [2.24, 2.45) is 16.7 Å². The van der Waals surface area contributed by atoms with E-state index in [1.807, 2.05) is 46.4 Å². The molecule has 0 saturated carbocycles. The molecule has 0 aromatic carbocycles. The number of nitrogens with one attached hydrogen (secondary N) is 1. The Morgan fingerprint density at radius 3 is 2.05 bits per heavy atom. The molecule has 2 amide bonds. The first-order chi connectivity index (χ1) is 9.45. The predicted octanol–water partition coefficient (Wildman–Crippen LogP) is 2.82. The summed E-state index contributed by atoms with van der Waals surface area (Å²) in [5.74, 6) is 0.707. The summed E-state index contributed by atoms with van der Waals surface area (Å²) < 4.78 is 0. The number of nitrogens with zero attached hydrogens (tertiary/aromatic N) is 1. The van der Waals surface area contributed by atoms with Crippen LogP contribution in [0.3, 0.4) is 0 Å². The second-order valence-electron chi connectivity index (χ2n) is 8.39. The lowest BCUT2D eigenvalue weighted by Crippen LogP contribution is -2.55. The molecule has 4 nitrogen and oxygen atoms in total. The molecule has 122 valence electrons. The third-order valence-corrected chi connectivity index (χ3v) is 4.06. The zero-order chi connectivity index (χ0) is 16.4. The summed E-state index contributed by atoms with van der Waals surface area (Å²) >= 11 is 0. The zero-order valence-corrected chi connectivity index (χ0v) is 14.7. The van der Waals surface area contributed by atoms with Crippen LogP contribution in [-0.4, -0.2) is 35.8 Å². The predicted molar refractivity (Wildman–Crippen MR) is 85.8 cm³/mol. The van der Waals surface area contributed by atoms with E-state index < -0.39 is 5.41 Å². The Labute approximate surface area is 129 Å². The van der Waals surface area contributed by atoms with Gasteiger partial charge in [-0.25, -0.2) is 0 Å². The highest BCUT2D eigenvalue weighted by atomic mass is 16.2. The van der Waals surface area contributed by atoms with Crippen LogP contribution >= 0.6 is 0 Å². The molecule has 2 atom stereocenters. The van der Waals surface area contributed by atoms with Crippen LogP contribution < -0.4 is 5.32 Å². The Morgan fingerprint density at radius 2 is 1.62 bits per heavy atom. The van der Waals surface area contributed by atoms with Gasteiger partial charge in [0.25, 0.3) is 0 Å². The van der Waals surface area contributed by atoms with Crippen LogP contribution in [0.25, 0.3) is 0 Å². The number of hydrogen-bond acceptors (Lipinski definition) is 2. The summed E-state index contributed by atoms with van der Waals surface area (Å²) in [6, 6.07) is 0.0710. The molecular weight excluding hydrogens is 264 g/mol. The lowest BCUT2D eigenvalue weighted by Gasteiger charge is -2.41. The Morgan fingerprint density at radius 1 is 1.05 bits per heavy atom. The van der Waals surface area contributed by atoms with E-state index in [0.717, 1.165) is 19.4 Å². The highest BCUT2D eigenvalue weighted by molar-refractivity contribution is 5.83. The van der Waals surface area contributed by atoms with Gasteiger partial charge in [-0.05, 0) is 12.3 Å². The zero-order valence-electron chi connectivity index (χ0n) is 14.7. The topological polar surface area (TPSA) is 49.4 Å². The number of carbonyl (C=O) groups excluding carboxylic acids is 2. The van der Waals surface area contributed by atoms with Crippen LogP contribution in [0.5, 0.6) is 0 Å². The van der Waals surface area contributed by atoms with Crippen LogP contribution in [0.1, 0.15) is 61.3 Å². The third-order valence-electron chi connectivity index (χ3n) is 4.06. The molecule has 1 N–H and O–H groups in total. The quantitative estimate of drug-likeness (QED) is 0.852. The standard InChI is InChI=1S/C17H32N2O2/c1-8-12-9-13(18-14(20)16(2,3)4)11-19(10-12)15(21)17(5,6)7/h12-13H,8-11H2,1-7H3,(H,18,20). The lowest BCUT2D eigenvalue weighted by atomic mass is 9.87. The van der Waals surface area contributed by atoms with Crippen LogP contribution in [0.15, 0.2) is 0 Å². The summed E-state index contributed by atoms with van der Waals surface area (Å²) in [5, 5.41) is 3.13. The van der Waals surface area contributed by atoms with Crippen molar-refractivity contribution in [2.45, 2.75) is 67.3 Å². The average molecular weight is 296 g/mol. The van der Waals surface area contributed by atoms with Gasteiger partial charge in [0.2, 0.25) is 11.8 Å². The molecule has 1 aliphatic heterocycles.